The highest BCUT2D eigenvalue weighted by molar-refractivity contribution is 6.30. The maximum absolute atomic E-state index is 9.96. The molecule has 0 aromatic heterocycles. The van der Waals surface area contributed by atoms with E-state index in [-0.39, 0.29) is 12.1 Å². The molecule has 0 aliphatic carbocycles. The number of halogens is 1. The second kappa shape index (κ2) is 9.42. The summed E-state index contributed by atoms with van der Waals surface area (Å²) < 4.78 is 5.66. The monoisotopic (exact) mass is 313 g/mol. The molecule has 0 heterocycles. The van der Waals surface area contributed by atoms with Gasteiger partial charge in [0.15, 0.2) is 0 Å². The molecule has 21 heavy (non-hydrogen) atoms. The van der Waals surface area contributed by atoms with Gasteiger partial charge in [-0.1, -0.05) is 37.6 Å². The zero-order valence-corrected chi connectivity index (χ0v) is 14.2. The molecule has 3 nitrogen and oxygen atoms in total. The lowest BCUT2D eigenvalue weighted by molar-refractivity contribution is -0.00914. The van der Waals surface area contributed by atoms with E-state index < -0.39 is 6.10 Å². The molecule has 0 aliphatic heterocycles. The molecular formula is C17H28ClNO2. The third-order valence-corrected chi connectivity index (χ3v) is 3.66. The summed E-state index contributed by atoms with van der Waals surface area (Å²) >= 11 is 5.87. The zero-order valence-electron chi connectivity index (χ0n) is 13.5. The SMILES string of the molecule is CC(C)CC(C)OCC(O)CN[C@@H](C)c1ccc(Cl)cc1. The predicted molar refractivity (Wildman–Crippen MR) is 88.7 cm³/mol. The van der Waals surface area contributed by atoms with Crippen LogP contribution in [0.5, 0.6) is 0 Å². The van der Waals surface area contributed by atoms with Gasteiger partial charge in [-0.25, -0.2) is 0 Å². The van der Waals surface area contributed by atoms with Gasteiger partial charge in [-0.3, -0.25) is 0 Å². The van der Waals surface area contributed by atoms with Crippen LogP contribution >= 0.6 is 11.6 Å². The van der Waals surface area contributed by atoms with Crippen molar-refractivity contribution < 1.29 is 9.84 Å². The summed E-state index contributed by atoms with van der Waals surface area (Å²) in [6, 6.07) is 7.91. The van der Waals surface area contributed by atoms with Crippen LogP contribution in [0.4, 0.5) is 0 Å². The molecule has 120 valence electrons. The molecule has 1 aromatic rings. The number of ether oxygens (including phenoxy) is 1. The van der Waals surface area contributed by atoms with Crippen LogP contribution in [0.2, 0.25) is 5.02 Å². The largest absolute Gasteiger partial charge is 0.389 e. The Bertz CT molecular complexity index is 394. The first kappa shape index (κ1) is 18.4. The molecule has 0 aliphatic rings. The van der Waals surface area contributed by atoms with Crippen LogP contribution in [0.1, 0.15) is 45.7 Å². The van der Waals surface area contributed by atoms with E-state index in [1.807, 2.05) is 24.3 Å². The first-order chi connectivity index (χ1) is 9.88. The van der Waals surface area contributed by atoms with Crippen molar-refractivity contribution in [3.63, 3.8) is 0 Å². The summed E-state index contributed by atoms with van der Waals surface area (Å²) in [4.78, 5) is 0. The summed E-state index contributed by atoms with van der Waals surface area (Å²) in [5.74, 6) is 0.611. The van der Waals surface area contributed by atoms with Crippen LogP contribution in [0, 0.1) is 5.92 Å². The van der Waals surface area contributed by atoms with Gasteiger partial charge in [-0.05, 0) is 43.9 Å². The Labute approximate surface area is 133 Å². The van der Waals surface area contributed by atoms with E-state index in [4.69, 9.17) is 16.3 Å². The summed E-state index contributed by atoms with van der Waals surface area (Å²) in [5.41, 5.74) is 1.15. The predicted octanol–water partition coefficient (Wildman–Crippen LogP) is 3.80. The second-order valence-electron chi connectivity index (χ2n) is 6.11. The molecule has 2 N–H and O–H groups in total. The smallest absolute Gasteiger partial charge is 0.0898 e. The number of aliphatic hydroxyl groups excluding tert-OH is 1. The molecule has 1 aromatic carbocycles. The molecule has 3 atom stereocenters. The fraction of sp³-hybridized carbons (Fsp3) is 0.647. The number of aliphatic hydroxyl groups is 1. The molecule has 0 saturated carbocycles. The van der Waals surface area contributed by atoms with E-state index in [1.165, 1.54) is 0 Å². The lowest BCUT2D eigenvalue weighted by Crippen LogP contribution is -2.33. The van der Waals surface area contributed by atoms with Crippen molar-refractivity contribution in [1.29, 1.82) is 0 Å². The van der Waals surface area contributed by atoms with E-state index >= 15 is 0 Å². The minimum absolute atomic E-state index is 0.171. The minimum atomic E-state index is -0.491. The topological polar surface area (TPSA) is 41.5 Å². The number of hydrogen-bond donors (Lipinski definition) is 2. The number of hydrogen-bond acceptors (Lipinski definition) is 3. The Morgan fingerprint density at radius 1 is 1.14 bits per heavy atom. The first-order valence-electron chi connectivity index (χ1n) is 7.67. The van der Waals surface area contributed by atoms with Crippen LogP contribution in [0.15, 0.2) is 24.3 Å². The Hall–Kier alpha value is -0.610. The molecule has 0 amide bonds. The van der Waals surface area contributed by atoms with Gasteiger partial charge in [0.1, 0.15) is 0 Å². The van der Waals surface area contributed by atoms with Crippen molar-refractivity contribution in [2.45, 2.75) is 52.4 Å². The van der Waals surface area contributed by atoms with E-state index in [0.717, 1.165) is 17.0 Å². The number of nitrogens with one attached hydrogen (secondary N) is 1. The van der Waals surface area contributed by atoms with Crippen LogP contribution in [-0.4, -0.2) is 30.5 Å². The molecule has 0 saturated heterocycles. The highest BCUT2D eigenvalue weighted by Gasteiger charge is 2.11. The van der Waals surface area contributed by atoms with Crippen LogP contribution in [0.25, 0.3) is 0 Å². The molecule has 0 fully saturated rings. The summed E-state index contributed by atoms with van der Waals surface area (Å²) in [6.45, 7) is 9.35. The molecule has 1 rings (SSSR count). The normalized spacial score (nSPS) is 16.0. The maximum Gasteiger partial charge on any atom is 0.0898 e. The summed E-state index contributed by atoms with van der Waals surface area (Å²) in [5, 5.41) is 14.0. The average molecular weight is 314 g/mol. The first-order valence-corrected chi connectivity index (χ1v) is 8.04. The highest BCUT2D eigenvalue weighted by atomic mass is 35.5. The molecule has 4 heteroatoms. The Kier molecular flexibility index (Phi) is 8.27. The van der Waals surface area contributed by atoms with Gasteiger partial charge in [0, 0.05) is 17.6 Å². The van der Waals surface area contributed by atoms with Crippen molar-refractivity contribution in [2.75, 3.05) is 13.2 Å². The fourth-order valence-electron chi connectivity index (χ4n) is 2.25. The Balaban J connectivity index is 2.26. The third-order valence-electron chi connectivity index (χ3n) is 3.41. The van der Waals surface area contributed by atoms with E-state index in [2.05, 4.69) is 33.0 Å². The third kappa shape index (κ3) is 7.82. The molecular weight excluding hydrogens is 286 g/mol. The van der Waals surface area contributed by atoms with Crippen LogP contribution in [-0.2, 0) is 4.74 Å². The Morgan fingerprint density at radius 2 is 1.76 bits per heavy atom. The van der Waals surface area contributed by atoms with Crippen molar-refractivity contribution in [3.05, 3.63) is 34.9 Å². The molecule has 0 radical (unpaired) electrons. The van der Waals surface area contributed by atoms with Gasteiger partial charge in [0.2, 0.25) is 0 Å². The van der Waals surface area contributed by atoms with E-state index in [1.54, 1.807) is 0 Å². The summed E-state index contributed by atoms with van der Waals surface area (Å²) in [7, 11) is 0. The van der Waals surface area contributed by atoms with Gasteiger partial charge in [0.05, 0.1) is 18.8 Å². The zero-order chi connectivity index (χ0) is 15.8. The number of benzene rings is 1. The lowest BCUT2D eigenvalue weighted by Gasteiger charge is -2.20. The number of rotatable bonds is 9. The van der Waals surface area contributed by atoms with Gasteiger partial charge < -0.3 is 15.2 Å². The highest BCUT2D eigenvalue weighted by Crippen LogP contribution is 2.16. The van der Waals surface area contributed by atoms with Crippen molar-refractivity contribution in [1.82, 2.24) is 5.32 Å². The summed E-state index contributed by atoms with van der Waals surface area (Å²) in [6.07, 6.45) is 0.712. The van der Waals surface area contributed by atoms with Crippen molar-refractivity contribution >= 4 is 11.6 Å². The quantitative estimate of drug-likeness (QED) is 0.728. The maximum atomic E-state index is 9.96. The van der Waals surface area contributed by atoms with Crippen molar-refractivity contribution in [2.24, 2.45) is 5.92 Å². The van der Waals surface area contributed by atoms with Gasteiger partial charge in [-0.2, -0.15) is 0 Å². The van der Waals surface area contributed by atoms with Crippen LogP contribution in [0.3, 0.4) is 0 Å². The van der Waals surface area contributed by atoms with Crippen LogP contribution < -0.4 is 5.32 Å². The fourth-order valence-corrected chi connectivity index (χ4v) is 2.37. The molecule has 0 bridgehead atoms. The lowest BCUT2D eigenvalue weighted by atomic mass is 10.1. The Morgan fingerprint density at radius 3 is 2.33 bits per heavy atom. The van der Waals surface area contributed by atoms with Crippen molar-refractivity contribution in [3.8, 4) is 0 Å². The average Bonchev–Trinajstić information content (AvgIpc) is 2.42. The van der Waals surface area contributed by atoms with Gasteiger partial charge in [0.25, 0.3) is 0 Å². The standard InChI is InChI=1S/C17H28ClNO2/c1-12(2)9-13(3)21-11-17(20)10-19-14(4)15-5-7-16(18)8-6-15/h5-8,12-14,17,19-20H,9-11H2,1-4H3/t13?,14-,17?/m0/s1. The van der Waals surface area contributed by atoms with Gasteiger partial charge >= 0.3 is 0 Å². The minimum Gasteiger partial charge on any atom is -0.389 e. The second-order valence-corrected chi connectivity index (χ2v) is 6.55. The van der Waals surface area contributed by atoms with Gasteiger partial charge in [-0.15, -0.1) is 0 Å². The molecule has 0 spiro atoms. The van der Waals surface area contributed by atoms with E-state index in [9.17, 15) is 5.11 Å². The molecule has 2 unspecified atom stereocenters. The van der Waals surface area contributed by atoms with E-state index in [0.29, 0.717) is 19.1 Å².